The number of benzene rings is 1. The van der Waals surface area contributed by atoms with E-state index in [1.165, 1.54) is 6.42 Å². The topological polar surface area (TPSA) is 134 Å². The van der Waals surface area contributed by atoms with E-state index < -0.39 is 35.9 Å². The van der Waals surface area contributed by atoms with Crippen LogP contribution in [0.15, 0.2) is 67.5 Å². The molecule has 8 heteroatoms. The van der Waals surface area contributed by atoms with E-state index in [4.69, 9.17) is 5.73 Å². The lowest BCUT2D eigenvalue weighted by Crippen LogP contribution is -2.54. The number of hydrogen-bond acceptors (Lipinski definition) is 5. The summed E-state index contributed by atoms with van der Waals surface area (Å²) < 4.78 is 0. The molecule has 1 aromatic heterocycles. The number of amides is 3. The summed E-state index contributed by atoms with van der Waals surface area (Å²) in [7, 11) is 0. The monoisotopic (exact) mass is 590 g/mol. The third-order valence-corrected chi connectivity index (χ3v) is 8.73. The van der Waals surface area contributed by atoms with E-state index in [9.17, 15) is 19.5 Å². The first-order chi connectivity index (χ1) is 20.7. The smallest absolute Gasteiger partial charge is 0.243 e. The highest BCUT2D eigenvalue weighted by molar-refractivity contribution is 5.89. The largest absolute Gasteiger partial charge is 0.391 e. The molecule has 2 aromatic rings. The zero-order valence-electron chi connectivity index (χ0n) is 25.8. The lowest BCUT2D eigenvalue weighted by molar-refractivity contribution is -0.132. The van der Waals surface area contributed by atoms with Gasteiger partial charge in [-0.1, -0.05) is 82.4 Å². The van der Waals surface area contributed by atoms with Crippen LogP contribution in [0.2, 0.25) is 0 Å². The van der Waals surface area contributed by atoms with Crippen molar-refractivity contribution in [2.24, 2.45) is 29.4 Å². The number of nitrogens with one attached hydrogen (secondary N) is 2. The highest BCUT2D eigenvalue weighted by atomic mass is 16.3. The summed E-state index contributed by atoms with van der Waals surface area (Å²) in [5.74, 6) is -1.61. The number of aliphatic hydroxyl groups excluding tert-OH is 1. The van der Waals surface area contributed by atoms with Crippen LogP contribution >= 0.6 is 0 Å². The van der Waals surface area contributed by atoms with Gasteiger partial charge in [-0.15, -0.1) is 6.58 Å². The SMILES string of the molecule is C=CC[C@H](NC(=O)C(Cc1ccccc1)Cc1ccncc1)C(=O)N[C@@H](CC1CCCCC1)[C@@H](O)C[C@H](C(N)=O)C(C)C. The highest BCUT2D eigenvalue weighted by Crippen LogP contribution is 2.29. The molecule has 1 aromatic carbocycles. The zero-order chi connectivity index (χ0) is 31.2. The first kappa shape index (κ1) is 34.0. The first-order valence-corrected chi connectivity index (χ1v) is 15.8. The predicted molar refractivity (Wildman–Crippen MR) is 170 cm³/mol. The molecule has 1 aliphatic carbocycles. The Hall–Kier alpha value is -3.52. The minimum absolute atomic E-state index is 0.0343. The van der Waals surface area contributed by atoms with Gasteiger partial charge >= 0.3 is 0 Å². The molecule has 0 bridgehead atoms. The predicted octanol–water partition coefficient (Wildman–Crippen LogP) is 4.51. The second-order valence-electron chi connectivity index (χ2n) is 12.4. The average molecular weight is 591 g/mol. The number of hydrogen-bond donors (Lipinski definition) is 4. The molecule has 0 aliphatic heterocycles. The summed E-state index contributed by atoms with van der Waals surface area (Å²) in [4.78, 5) is 43.7. The number of aromatic nitrogens is 1. The molecule has 0 spiro atoms. The molecular weight excluding hydrogens is 540 g/mol. The molecule has 0 radical (unpaired) electrons. The fourth-order valence-electron chi connectivity index (χ4n) is 6.17. The van der Waals surface area contributed by atoms with Crippen LogP contribution in [-0.4, -0.2) is 46.0 Å². The van der Waals surface area contributed by atoms with Gasteiger partial charge in [0.05, 0.1) is 12.1 Å². The summed E-state index contributed by atoms with van der Waals surface area (Å²) in [5, 5.41) is 17.4. The molecule has 1 saturated carbocycles. The Labute approximate surface area is 256 Å². The fourth-order valence-corrected chi connectivity index (χ4v) is 6.17. The van der Waals surface area contributed by atoms with Crippen molar-refractivity contribution >= 4 is 17.7 Å². The van der Waals surface area contributed by atoms with Crippen LogP contribution in [0.3, 0.4) is 0 Å². The standard InChI is InChI=1S/C35H50N4O4/c1-4-11-30(38-34(42)28(20-25-12-7-5-8-13-25)21-27-16-18-37-19-17-27)35(43)39-31(22-26-14-9-6-10-15-26)32(40)23-29(24(2)3)33(36)41/h4-5,7-8,12-13,16-19,24,26,28-32,40H,1,6,9-11,14-15,20-23H2,2-3H3,(H2,36,41)(H,38,42)(H,39,43)/t28?,29-,30-,31-,32-/m0/s1. The van der Waals surface area contributed by atoms with E-state index in [1.807, 2.05) is 56.3 Å². The van der Waals surface area contributed by atoms with Crippen molar-refractivity contribution in [3.8, 4) is 0 Å². The molecule has 0 saturated heterocycles. The second kappa shape index (κ2) is 17.6. The van der Waals surface area contributed by atoms with E-state index in [2.05, 4.69) is 22.2 Å². The van der Waals surface area contributed by atoms with Crippen molar-refractivity contribution < 1.29 is 19.5 Å². The Balaban J connectivity index is 1.77. The Morgan fingerprint density at radius 2 is 1.60 bits per heavy atom. The third kappa shape index (κ3) is 11.2. The van der Waals surface area contributed by atoms with Crippen molar-refractivity contribution in [2.45, 2.75) is 96.2 Å². The van der Waals surface area contributed by atoms with Gasteiger partial charge in [0.25, 0.3) is 0 Å². The number of rotatable bonds is 17. The van der Waals surface area contributed by atoms with E-state index >= 15 is 0 Å². The molecule has 5 atom stereocenters. The number of pyridine rings is 1. The number of carbonyl (C=O) groups excluding carboxylic acids is 3. The molecule has 3 amide bonds. The van der Waals surface area contributed by atoms with Crippen molar-refractivity contribution in [1.29, 1.82) is 0 Å². The maximum Gasteiger partial charge on any atom is 0.243 e. The van der Waals surface area contributed by atoms with E-state index in [1.54, 1.807) is 18.5 Å². The normalized spacial score (nSPS) is 17.3. The molecule has 1 fully saturated rings. The van der Waals surface area contributed by atoms with Crippen molar-refractivity contribution in [1.82, 2.24) is 15.6 Å². The van der Waals surface area contributed by atoms with Crippen LogP contribution in [0.4, 0.5) is 0 Å². The maximum absolute atomic E-state index is 13.7. The van der Waals surface area contributed by atoms with E-state index in [0.29, 0.717) is 25.2 Å². The van der Waals surface area contributed by atoms with E-state index in [-0.39, 0.29) is 30.6 Å². The van der Waals surface area contributed by atoms with Gasteiger partial charge in [0.1, 0.15) is 6.04 Å². The summed E-state index contributed by atoms with van der Waals surface area (Å²) in [6, 6.07) is 12.2. The minimum Gasteiger partial charge on any atom is -0.391 e. The van der Waals surface area contributed by atoms with Gasteiger partial charge in [0, 0.05) is 24.2 Å². The van der Waals surface area contributed by atoms with Crippen LogP contribution in [0.1, 0.15) is 76.3 Å². The Morgan fingerprint density at radius 1 is 0.977 bits per heavy atom. The molecule has 3 rings (SSSR count). The number of aliphatic hydroxyl groups is 1. The molecule has 8 nitrogen and oxygen atoms in total. The molecule has 1 aliphatic rings. The molecule has 1 unspecified atom stereocenters. The summed E-state index contributed by atoms with van der Waals surface area (Å²) in [5.41, 5.74) is 7.67. The lowest BCUT2D eigenvalue weighted by atomic mass is 9.81. The second-order valence-corrected chi connectivity index (χ2v) is 12.4. The van der Waals surface area contributed by atoms with Crippen LogP contribution in [0.5, 0.6) is 0 Å². The molecule has 43 heavy (non-hydrogen) atoms. The molecule has 5 N–H and O–H groups in total. The van der Waals surface area contributed by atoms with Gasteiger partial charge in [0.2, 0.25) is 17.7 Å². The van der Waals surface area contributed by atoms with Crippen LogP contribution in [0, 0.1) is 23.7 Å². The Morgan fingerprint density at radius 3 is 2.19 bits per heavy atom. The quantitative estimate of drug-likeness (QED) is 0.201. The first-order valence-electron chi connectivity index (χ1n) is 15.8. The third-order valence-electron chi connectivity index (χ3n) is 8.73. The fraction of sp³-hybridized carbons (Fsp3) is 0.543. The summed E-state index contributed by atoms with van der Waals surface area (Å²) in [6.07, 6.45) is 11.7. The summed E-state index contributed by atoms with van der Waals surface area (Å²) >= 11 is 0. The molecular formula is C35H50N4O4. The van der Waals surface area contributed by atoms with Gasteiger partial charge in [0.15, 0.2) is 0 Å². The van der Waals surface area contributed by atoms with Crippen LogP contribution in [0.25, 0.3) is 0 Å². The number of nitrogens with two attached hydrogens (primary N) is 1. The van der Waals surface area contributed by atoms with Crippen LogP contribution in [-0.2, 0) is 27.2 Å². The number of carbonyl (C=O) groups is 3. The van der Waals surface area contributed by atoms with Crippen molar-refractivity contribution in [3.63, 3.8) is 0 Å². The maximum atomic E-state index is 13.7. The van der Waals surface area contributed by atoms with Crippen LogP contribution < -0.4 is 16.4 Å². The van der Waals surface area contributed by atoms with Crippen molar-refractivity contribution in [2.75, 3.05) is 0 Å². The van der Waals surface area contributed by atoms with E-state index in [0.717, 1.165) is 36.8 Å². The van der Waals surface area contributed by atoms with Gasteiger partial charge in [-0.05, 0) is 67.2 Å². The lowest BCUT2D eigenvalue weighted by Gasteiger charge is -2.33. The van der Waals surface area contributed by atoms with Gasteiger partial charge in [-0.25, -0.2) is 0 Å². The average Bonchev–Trinajstić information content (AvgIpc) is 3.00. The molecule has 1 heterocycles. The Bertz CT molecular complexity index is 1110. The summed E-state index contributed by atoms with van der Waals surface area (Å²) in [6.45, 7) is 7.63. The zero-order valence-corrected chi connectivity index (χ0v) is 25.8. The number of primary amides is 1. The number of nitrogens with zero attached hydrogens (tertiary/aromatic N) is 1. The molecule has 234 valence electrons. The van der Waals surface area contributed by atoms with Gasteiger partial charge in [-0.3, -0.25) is 19.4 Å². The highest BCUT2D eigenvalue weighted by Gasteiger charge is 2.33. The minimum atomic E-state index is -0.941. The van der Waals surface area contributed by atoms with Gasteiger partial charge in [-0.2, -0.15) is 0 Å². The van der Waals surface area contributed by atoms with Crippen molar-refractivity contribution in [3.05, 3.63) is 78.6 Å². The van der Waals surface area contributed by atoms with Gasteiger partial charge < -0.3 is 21.5 Å². The Kier molecular flexibility index (Phi) is 13.9.